The van der Waals surface area contributed by atoms with Crippen LogP contribution in [0.1, 0.15) is 28.4 Å². The fraction of sp³-hybridized carbons (Fsp3) is 0.150. The summed E-state index contributed by atoms with van der Waals surface area (Å²) in [5, 5.41) is 0. The molecule has 0 aromatic heterocycles. The van der Waals surface area contributed by atoms with Crippen molar-refractivity contribution in [1.82, 2.24) is 0 Å². The topological polar surface area (TPSA) is 26.3 Å². The van der Waals surface area contributed by atoms with Crippen molar-refractivity contribution in [2.45, 2.75) is 13.3 Å². The molecule has 118 valence electrons. The van der Waals surface area contributed by atoms with E-state index in [1.165, 1.54) is 6.08 Å². The van der Waals surface area contributed by atoms with Crippen LogP contribution < -0.4 is 4.74 Å². The minimum Gasteiger partial charge on any atom is -0.493 e. The Balaban J connectivity index is 2.34. The summed E-state index contributed by atoms with van der Waals surface area (Å²) in [4.78, 5) is 12.6. The van der Waals surface area contributed by atoms with Gasteiger partial charge in [-0.2, -0.15) is 0 Å². The smallest absolute Gasteiger partial charge is 0.170 e. The van der Waals surface area contributed by atoms with E-state index < -0.39 is 5.83 Å². The number of hydrogen-bond acceptors (Lipinski definition) is 2. The van der Waals surface area contributed by atoms with Crippen molar-refractivity contribution in [1.29, 1.82) is 0 Å². The van der Waals surface area contributed by atoms with Crippen LogP contribution in [0.5, 0.6) is 5.75 Å². The molecular formula is C20H19FO2. The number of carbonyl (C=O) groups excluding carboxylic acids is 1. The van der Waals surface area contributed by atoms with Gasteiger partial charge in [-0.15, -0.1) is 0 Å². The van der Waals surface area contributed by atoms with Gasteiger partial charge in [0.1, 0.15) is 11.6 Å². The van der Waals surface area contributed by atoms with Crippen molar-refractivity contribution in [3.05, 3.63) is 83.7 Å². The van der Waals surface area contributed by atoms with Gasteiger partial charge >= 0.3 is 0 Å². The van der Waals surface area contributed by atoms with E-state index in [1.54, 1.807) is 18.2 Å². The largest absolute Gasteiger partial charge is 0.493 e. The lowest BCUT2D eigenvalue weighted by Crippen LogP contribution is -2.07. The number of benzene rings is 2. The Morgan fingerprint density at radius 3 is 2.61 bits per heavy atom. The van der Waals surface area contributed by atoms with Gasteiger partial charge in [0.05, 0.1) is 12.2 Å². The minimum absolute atomic E-state index is 0.0612. The van der Waals surface area contributed by atoms with E-state index in [0.29, 0.717) is 23.5 Å². The number of Topliss-reactive ketones (excluding diaryl/α,β-unsaturated/α-hetero) is 1. The highest BCUT2D eigenvalue weighted by molar-refractivity contribution is 6.00. The summed E-state index contributed by atoms with van der Waals surface area (Å²) >= 11 is 0. The van der Waals surface area contributed by atoms with E-state index in [0.717, 1.165) is 11.6 Å². The standard InChI is InChI=1S/C20H19FO2/c1-3-17(21)12-16-10-11-20(23-4-2)18(13-16)19(22)14-15-8-6-5-7-9-15/h3,5-13H,1,4,14H2,2H3/b17-12+. The molecule has 0 spiro atoms. The van der Waals surface area contributed by atoms with Crippen molar-refractivity contribution in [3.63, 3.8) is 0 Å². The van der Waals surface area contributed by atoms with E-state index in [4.69, 9.17) is 4.74 Å². The Kier molecular flexibility index (Phi) is 5.87. The van der Waals surface area contributed by atoms with Crippen molar-refractivity contribution >= 4 is 11.9 Å². The first-order valence-electron chi connectivity index (χ1n) is 7.47. The molecule has 2 rings (SSSR count). The van der Waals surface area contributed by atoms with Gasteiger partial charge in [-0.1, -0.05) is 43.0 Å². The lowest BCUT2D eigenvalue weighted by Gasteiger charge is -2.10. The number of rotatable bonds is 7. The van der Waals surface area contributed by atoms with Gasteiger partial charge < -0.3 is 4.74 Å². The van der Waals surface area contributed by atoms with E-state index >= 15 is 0 Å². The monoisotopic (exact) mass is 310 g/mol. The summed E-state index contributed by atoms with van der Waals surface area (Å²) < 4.78 is 18.9. The second kappa shape index (κ2) is 8.08. The van der Waals surface area contributed by atoms with Crippen molar-refractivity contribution in [2.75, 3.05) is 6.61 Å². The SMILES string of the molecule is C=C/C(F)=C\c1ccc(OCC)c(C(=O)Cc2ccccc2)c1. The summed E-state index contributed by atoms with van der Waals surface area (Å²) in [5.41, 5.74) is 1.99. The van der Waals surface area contributed by atoms with Gasteiger partial charge in [0.25, 0.3) is 0 Å². The van der Waals surface area contributed by atoms with Crippen LogP contribution in [0.15, 0.2) is 67.0 Å². The van der Waals surface area contributed by atoms with Crippen LogP contribution in [0.3, 0.4) is 0 Å². The molecule has 2 aromatic carbocycles. The van der Waals surface area contributed by atoms with Crippen LogP contribution in [0.25, 0.3) is 6.08 Å². The van der Waals surface area contributed by atoms with Gasteiger partial charge in [0.2, 0.25) is 0 Å². The highest BCUT2D eigenvalue weighted by Crippen LogP contribution is 2.24. The first-order chi connectivity index (χ1) is 11.1. The van der Waals surface area contributed by atoms with Crippen LogP contribution in [-0.4, -0.2) is 12.4 Å². The normalized spacial score (nSPS) is 11.1. The maximum Gasteiger partial charge on any atom is 0.170 e. The molecule has 0 unspecified atom stereocenters. The van der Waals surface area contributed by atoms with Crippen LogP contribution in [0.4, 0.5) is 4.39 Å². The summed E-state index contributed by atoms with van der Waals surface area (Å²) in [7, 11) is 0. The average molecular weight is 310 g/mol. The van der Waals surface area contributed by atoms with E-state index in [-0.39, 0.29) is 12.2 Å². The molecular weight excluding hydrogens is 291 g/mol. The molecule has 0 aliphatic rings. The van der Waals surface area contributed by atoms with Gasteiger partial charge in [-0.25, -0.2) is 4.39 Å². The Morgan fingerprint density at radius 2 is 1.96 bits per heavy atom. The Morgan fingerprint density at radius 1 is 1.22 bits per heavy atom. The van der Waals surface area contributed by atoms with E-state index in [1.807, 2.05) is 37.3 Å². The number of allylic oxidation sites excluding steroid dienone is 2. The highest BCUT2D eigenvalue weighted by Gasteiger charge is 2.14. The summed E-state index contributed by atoms with van der Waals surface area (Å²) in [6.45, 7) is 5.70. The van der Waals surface area contributed by atoms with E-state index in [2.05, 4.69) is 6.58 Å². The second-order valence-corrected chi connectivity index (χ2v) is 5.01. The number of ether oxygens (including phenoxy) is 1. The first kappa shape index (κ1) is 16.7. The van der Waals surface area contributed by atoms with E-state index in [9.17, 15) is 9.18 Å². The van der Waals surface area contributed by atoms with Gasteiger partial charge in [-0.05, 0) is 42.3 Å². The molecule has 0 saturated heterocycles. The Bertz CT molecular complexity index is 718. The van der Waals surface area contributed by atoms with Crippen LogP contribution >= 0.6 is 0 Å². The highest BCUT2D eigenvalue weighted by atomic mass is 19.1. The fourth-order valence-electron chi connectivity index (χ4n) is 2.23. The molecule has 0 N–H and O–H groups in total. The summed E-state index contributed by atoms with van der Waals surface area (Å²) in [5.74, 6) is 0.00845. The third-order valence-corrected chi connectivity index (χ3v) is 3.31. The number of ketones is 1. The molecule has 0 bridgehead atoms. The van der Waals surface area contributed by atoms with Crippen LogP contribution in [-0.2, 0) is 6.42 Å². The molecule has 0 atom stereocenters. The Labute approximate surface area is 135 Å². The molecule has 3 heteroatoms. The molecule has 0 fully saturated rings. The third kappa shape index (κ3) is 4.65. The maximum absolute atomic E-state index is 13.4. The predicted octanol–water partition coefficient (Wildman–Crippen LogP) is 5.01. The molecule has 0 aliphatic heterocycles. The Hall–Kier alpha value is -2.68. The third-order valence-electron chi connectivity index (χ3n) is 3.31. The number of hydrogen-bond donors (Lipinski definition) is 0. The van der Waals surface area contributed by atoms with Crippen LogP contribution in [0.2, 0.25) is 0 Å². The van der Waals surface area contributed by atoms with Crippen LogP contribution in [0, 0.1) is 0 Å². The lowest BCUT2D eigenvalue weighted by molar-refractivity contribution is 0.0989. The zero-order valence-electron chi connectivity index (χ0n) is 13.1. The molecule has 0 saturated carbocycles. The predicted molar refractivity (Wildman–Crippen MR) is 91.4 cm³/mol. The first-order valence-corrected chi connectivity index (χ1v) is 7.47. The molecule has 0 aliphatic carbocycles. The molecule has 2 nitrogen and oxygen atoms in total. The average Bonchev–Trinajstić information content (AvgIpc) is 2.57. The quantitative estimate of drug-likeness (QED) is 0.531. The van der Waals surface area contributed by atoms with Gasteiger partial charge in [0, 0.05) is 6.42 Å². The maximum atomic E-state index is 13.4. The number of halogens is 1. The molecule has 0 radical (unpaired) electrons. The van der Waals surface area contributed by atoms with Gasteiger partial charge in [0.15, 0.2) is 5.78 Å². The molecule has 2 aromatic rings. The zero-order valence-corrected chi connectivity index (χ0v) is 13.1. The molecule has 0 heterocycles. The van der Waals surface area contributed by atoms with Crippen molar-refractivity contribution in [3.8, 4) is 5.75 Å². The minimum atomic E-state index is -0.449. The molecule has 0 amide bonds. The number of carbonyl (C=O) groups is 1. The molecule has 23 heavy (non-hydrogen) atoms. The second-order valence-electron chi connectivity index (χ2n) is 5.01. The zero-order chi connectivity index (χ0) is 16.7. The lowest BCUT2D eigenvalue weighted by atomic mass is 10.00. The summed E-state index contributed by atoms with van der Waals surface area (Å²) in [6.07, 6.45) is 2.74. The summed E-state index contributed by atoms with van der Waals surface area (Å²) in [6, 6.07) is 14.6. The van der Waals surface area contributed by atoms with Crippen molar-refractivity contribution in [2.24, 2.45) is 0 Å². The fourth-order valence-corrected chi connectivity index (χ4v) is 2.23. The van der Waals surface area contributed by atoms with Gasteiger partial charge in [-0.3, -0.25) is 4.79 Å². The van der Waals surface area contributed by atoms with Crippen molar-refractivity contribution < 1.29 is 13.9 Å².